The van der Waals surface area contributed by atoms with E-state index in [1.807, 2.05) is 6.08 Å². The van der Waals surface area contributed by atoms with Crippen molar-refractivity contribution in [1.82, 2.24) is 5.32 Å². The minimum atomic E-state index is -0.867. The van der Waals surface area contributed by atoms with Crippen LogP contribution in [0.25, 0.3) is 0 Å². The summed E-state index contributed by atoms with van der Waals surface area (Å²) in [6.45, 7) is 4.21. The number of hydrogen-bond acceptors (Lipinski definition) is 3. The molecule has 0 bridgehead atoms. The molecule has 0 aliphatic rings. The SMILES string of the molecule is CC/C=C\C/C=C\C/C=C\C/C=C\C/C=C\C/C=C\C/C=C\CCCCCCCCCCCCCCCCCCCCCC(=O)NC(CO)C(O)/C=C/CC/C=C/CCCCCCCCCCCCCCCCCCCC. The number of carbonyl (C=O) groups excluding carboxylic acids is 1. The van der Waals surface area contributed by atoms with E-state index in [9.17, 15) is 15.0 Å². The van der Waals surface area contributed by atoms with Crippen molar-refractivity contribution in [2.45, 2.75) is 341 Å². The number of rotatable bonds is 61. The van der Waals surface area contributed by atoms with Crippen LogP contribution >= 0.6 is 0 Å². The summed E-state index contributed by atoms with van der Waals surface area (Å²) in [5.74, 6) is -0.0715. The summed E-state index contributed by atoms with van der Waals surface area (Å²) in [5.41, 5.74) is 0. The fraction of sp³-hybridized carbons (Fsp3) is 0.740. The average molecular weight is 1070 g/mol. The second-order valence-electron chi connectivity index (χ2n) is 22.5. The number of hydrogen-bond donors (Lipinski definition) is 3. The monoisotopic (exact) mass is 1070 g/mol. The van der Waals surface area contributed by atoms with Crippen molar-refractivity contribution in [2.75, 3.05) is 6.61 Å². The molecule has 0 heterocycles. The minimum Gasteiger partial charge on any atom is -0.394 e. The van der Waals surface area contributed by atoms with Crippen LogP contribution in [0.15, 0.2) is 109 Å². The largest absolute Gasteiger partial charge is 0.394 e. The normalized spacial score (nSPS) is 13.5. The first-order valence-electron chi connectivity index (χ1n) is 33.6. The Morgan fingerprint density at radius 3 is 0.909 bits per heavy atom. The number of aliphatic hydroxyl groups excluding tert-OH is 2. The second kappa shape index (κ2) is 67.3. The van der Waals surface area contributed by atoms with Gasteiger partial charge in [-0.15, -0.1) is 0 Å². The van der Waals surface area contributed by atoms with Gasteiger partial charge in [0.25, 0.3) is 0 Å². The lowest BCUT2D eigenvalue weighted by Gasteiger charge is -2.19. The van der Waals surface area contributed by atoms with Gasteiger partial charge in [-0.1, -0.05) is 342 Å². The van der Waals surface area contributed by atoms with Gasteiger partial charge in [0.2, 0.25) is 5.91 Å². The highest BCUT2D eigenvalue weighted by molar-refractivity contribution is 5.76. The van der Waals surface area contributed by atoms with Crippen molar-refractivity contribution >= 4 is 5.91 Å². The Labute approximate surface area is 480 Å². The highest BCUT2D eigenvalue weighted by Crippen LogP contribution is 2.17. The molecule has 77 heavy (non-hydrogen) atoms. The van der Waals surface area contributed by atoms with Gasteiger partial charge >= 0.3 is 0 Å². The fourth-order valence-corrected chi connectivity index (χ4v) is 9.94. The van der Waals surface area contributed by atoms with Crippen molar-refractivity contribution in [3.05, 3.63) is 109 Å². The minimum absolute atomic E-state index is 0.0715. The van der Waals surface area contributed by atoms with Gasteiger partial charge in [0.05, 0.1) is 18.8 Å². The smallest absolute Gasteiger partial charge is 0.220 e. The molecule has 0 aromatic carbocycles. The van der Waals surface area contributed by atoms with E-state index in [1.165, 1.54) is 231 Å². The maximum absolute atomic E-state index is 12.5. The predicted molar refractivity (Wildman–Crippen MR) is 345 cm³/mol. The van der Waals surface area contributed by atoms with Crippen molar-refractivity contribution in [3.8, 4) is 0 Å². The van der Waals surface area contributed by atoms with Crippen LogP contribution in [0.4, 0.5) is 0 Å². The molecule has 2 unspecified atom stereocenters. The molecule has 0 saturated carbocycles. The first kappa shape index (κ1) is 74.0. The highest BCUT2D eigenvalue weighted by Gasteiger charge is 2.18. The molecule has 0 aromatic rings. The zero-order valence-corrected chi connectivity index (χ0v) is 51.2. The van der Waals surface area contributed by atoms with Gasteiger partial charge in [0.1, 0.15) is 0 Å². The van der Waals surface area contributed by atoms with E-state index in [-0.39, 0.29) is 12.5 Å². The molecule has 444 valence electrons. The van der Waals surface area contributed by atoms with Crippen LogP contribution in [-0.4, -0.2) is 34.9 Å². The zero-order chi connectivity index (χ0) is 55.5. The number of amides is 1. The van der Waals surface area contributed by atoms with Crippen LogP contribution in [-0.2, 0) is 4.79 Å². The van der Waals surface area contributed by atoms with Crippen LogP contribution in [0.2, 0.25) is 0 Å². The van der Waals surface area contributed by atoms with Gasteiger partial charge < -0.3 is 15.5 Å². The van der Waals surface area contributed by atoms with E-state index in [0.717, 1.165) is 77.0 Å². The summed E-state index contributed by atoms with van der Waals surface area (Å²) in [5, 5.41) is 23.2. The summed E-state index contributed by atoms with van der Waals surface area (Å²) in [6.07, 6.45) is 102. The Morgan fingerprint density at radius 1 is 0.325 bits per heavy atom. The topological polar surface area (TPSA) is 69.6 Å². The molecule has 0 spiro atoms. The Balaban J connectivity index is 3.50. The average Bonchev–Trinajstić information content (AvgIpc) is 3.43. The Kier molecular flexibility index (Phi) is 64.7. The summed E-state index contributed by atoms with van der Waals surface area (Å²) < 4.78 is 0. The van der Waals surface area contributed by atoms with E-state index in [2.05, 4.69) is 116 Å². The Hall–Kier alpha value is -2.95. The Bertz CT molecular complexity index is 1440. The molecule has 4 heteroatoms. The lowest BCUT2D eigenvalue weighted by Crippen LogP contribution is -2.45. The van der Waals surface area contributed by atoms with E-state index in [4.69, 9.17) is 0 Å². The number of carbonyl (C=O) groups is 1. The van der Waals surface area contributed by atoms with E-state index in [1.54, 1.807) is 6.08 Å². The van der Waals surface area contributed by atoms with Crippen molar-refractivity contribution in [1.29, 1.82) is 0 Å². The molecule has 2 atom stereocenters. The standard InChI is InChI=1S/C73H129NO3/c1-3-5-7-9-11-13-15-17-19-21-23-25-27-29-30-31-32-33-34-35-36-37-38-39-40-41-42-43-44-45-47-49-51-53-55-57-59-61-63-65-67-69-73(77)74-71(70-75)72(76)68-66-64-62-60-58-56-54-52-50-48-46-28-26-24-22-20-18-16-14-12-10-8-6-4-2/h5,7,11,13,17,19,23,25,29-30,32-33,35-36,58,60,66,68,71-72,75-76H,3-4,6,8-10,12,14-16,18,20-22,24,26-28,31,34,37-57,59,61-65,67,69-70H2,1-2H3,(H,74,77)/b7-5-,13-11-,19-17-,25-23-,30-29-,33-32-,36-35-,60-58+,68-66+. The zero-order valence-electron chi connectivity index (χ0n) is 51.2. The first-order chi connectivity index (χ1) is 38.2. The lowest BCUT2D eigenvalue weighted by atomic mass is 10.0. The number of unbranched alkanes of at least 4 members (excludes halogenated alkanes) is 38. The van der Waals surface area contributed by atoms with Crippen LogP contribution in [0.1, 0.15) is 328 Å². The third kappa shape index (κ3) is 63.8. The molecule has 0 aliphatic carbocycles. The molecule has 4 nitrogen and oxygen atoms in total. The molecule has 0 rings (SSSR count). The number of nitrogens with one attached hydrogen (secondary N) is 1. The molecule has 0 fully saturated rings. The molecule has 0 aromatic heterocycles. The molecule has 0 radical (unpaired) electrons. The lowest BCUT2D eigenvalue weighted by molar-refractivity contribution is -0.123. The maximum Gasteiger partial charge on any atom is 0.220 e. The van der Waals surface area contributed by atoms with Crippen LogP contribution in [0.5, 0.6) is 0 Å². The highest BCUT2D eigenvalue weighted by atomic mass is 16.3. The third-order valence-corrected chi connectivity index (χ3v) is 15.0. The van der Waals surface area contributed by atoms with Crippen LogP contribution in [0.3, 0.4) is 0 Å². The van der Waals surface area contributed by atoms with Gasteiger partial charge in [0, 0.05) is 6.42 Å². The van der Waals surface area contributed by atoms with Gasteiger partial charge in [-0.3, -0.25) is 4.79 Å². The number of allylic oxidation sites excluding steroid dienone is 17. The summed E-state index contributed by atoms with van der Waals surface area (Å²) in [4.78, 5) is 12.5. The Morgan fingerprint density at radius 2 is 0.584 bits per heavy atom. The van der Waals surface area contributed by atoms with Crippen LogP contribution < -0.4 is 5.32 Å². The molecule has 1 amide bonds. The van der Waals surface area contributed by atoms with E-state index >= 15 is 0 Å². The molecule has 0 aliphatic heterocycles. The van der Waals surface area contributed by atoms with Gasteiger partial charge in [0.15, 0.2) is 0 Å². The van der Waals surface area contributed by atoms with Crippen LogP contribution in [0, 0.1) is 0 Å². The summed E-state index contributed by atoms with van der Waals surface area (Å²) >= 11 is 0. The van der Waals surface area contributed by atoms with Crippen molar-refractivity contribution < 1.29 is 15.0 Å². The van der Waals surface area contributed by atoms with Crippen molar-refractivity contribution in [2.24, 2.45) is 0 Å². The molecular formula is C73H129NO3. The van der Waals surface area contributed by atoms with Gasteiger partial charge in [-0.2, -0.15) is 0 Å². The summed E-state index contributed by atoms with van der Waals surface area (Å²) in [7, 11) is 0. The quantitative estimate of drug-likeness (QED) is 0.0420. The van der Waals surface area contributed by atoms with E-state index < -0.39 is 12.1 Å². The van der Waals surface area contributed by atoms with Crippen molar-refractivity contribution in [3.63, 3.8) is 0 Å². The molecular weight excluding hydrogens is 939 g/mol. The van der Waals surface area contributed by atoms with E-state index in [0.29, 0.717) is 6.42 Å². The first-order valence-corrected chi connectivity index (χ1v) is 33.6. The van der Waals surface area contributed by atoms with Gasteiger partial charge in [-0.25, -0.2) is 0 Å². The second-order valence-corrected chi connectivity index (χ2v) is 22.5. The maximum atomic E-state index is 12.5. The third-order valence-electron chi connectivity index (χ3n) is 15.0. The number of aliphatic hydroxyl groups is 2. The molecule has 3 N–H and O–H groups in total. The van der Waals surface area contributed by atoms with Gasteiger partial charge in [-0.05, 0) is 89.9 Å². The summed E-state index contributed by atoms with van der Waals surface area (Å²) in [6, 6.07) is -0.644. The predicted octanol–water partition coefficient (Wildman–Crippen LogP) is 23.0. The molecule has 0 saturated heterocycles. The fourth-order valence-electron chi connectivity index (χ4n) is 9.94.